The number of ether oxygens (including phenoxy) is 1. The third-order valence-electron chi connectivity index (χ3n) is 3.35. The van der Waals surface area contributed by atoms with E-state index in [-0.39, 0.29) is 12.5 Å². The number of nitrogens with zero attached hydrogens (tertiary/aromatic N) is 3. The number of aliphatic carboxylic acids is 1. The van der Waals surface area contributed by atoms with E-state index < -0.39 is 5.97 Å². The minimum atomic E-state index is -0.770. The van der Waals surface area contributed by atoms with Gasteiger partial charge in [0.05, 0.1) is 18.6 Å². The Morgan fingerprint density at radius 3 is 3.05 bits per heavy atom. The molecule has 0 amide bonds. The van der Waals surface area contributed by atoms with Crippen LogP contribution in [-0.2, 0) is 4.79 Å². The van der Waals surface area contributed by atoms with E-state index >= 15 is 0 Å². The maximum Gasteiger partial charge on any atom is 0.305 e. The van der Waals surface area contributed by atoms with Gasteiger partial charge in [0.1, 0.15) is 12.1 Å². The van der Waals surface area contributed by atoms with E-state index in [1.165, 1.54) is 6.33 Å². The van der Waals surface area contributed by atoms with Gasteiger partial charge in [-0.1, -0.05) is 0 Å². The fraction of sp³-hybridized carbons (Fsp3) is 0.615. The van der Waals surface area contributed by atoms with Crippen molar-refractivity contribution >= 4 is 11.8 Å². The van der Waals surface area contributed by atoms with Gasteiger partial charge in [-0.25, -0.2) is 9.97 Å². The normalized spacial score (nSPS) is 18.6. The van der Waals surface area contributed by atoms with Crippen LogP contribution >= 0.6 is 0 Å². The van der Waals surface area contributed by atoms with Crippen LogP contribution in [0.4, 0.5) is 5.82 Å². The summed E-state index contributed by atoms with van der Waals surface area (Å²) in [6, 6.07) is 0.0144. The second-order valence-corrected chi connectivity index (χ2v) is 4.65. The van der Waals surface area contributed by atoms with Crippen LogP contribution in [0, 0.1) is 6.92 Å². The van der Waals surface area contributed by atoms with Gasteiger partial charge >= 0.3 is 5.97 Å². The summed E-state index contributed by atoms with van der Waals surface area (Å²) in [4.78, 5) is 21.4. The lowest BCUT2D eigenvalue weighted by atomic mass is 10.1. The van der Waals surface area contributed by atoms with Gasteiger partial charge in [0.15, 0.2) is 0 Å². The molecule has 6 heteroatoms. The van der Waals surface area contributed by atoms with E-state index in [0.29, 0.717) is 12.5 Å². The SMILES string of the molecule is CCOc1ncnc(N2CCCC2CC(=O)O)c1C. The standard InChI is InChI=1S/C13H19N3O3/c1-3-19-13-9(2)12(14-8-15-13)16-6-4-5-10(16)7-11(17)18/h8,10H,3-7H2,1-2H3,(H,17,18). The molecule has 104 valence electrons. The zero-order valence-corrected chi connectivity index (χ0v) is 11.3. The first-order valence-electron chi connectivity index (χ1n) is 6.56. The summed E-state index contributed by atoms with van der Waals surface area (Å²) in [5.74, 6) is 0.601. The Labute approximate surface area is 112 Å². The van der Waals surface area contributed by atoms with Gasteiger partial charge in [-0.05, 0) is 26.7 Å². The van der Waals surface area contributed by atoms with Crippen molar-refractivity contribution in [3.8, 4) is 5.88 Å². The molecule has 1 N–H and O–H groups in total. The first-order valence-corrected chi connectivity index (χ1v) is 6.56. The number of carbonyl (C=O) groups is 1. The second kappa shape index (κ2) is 5.86. The molecule has 2 heterocycles. The van der Waals surface area contributed by atoms with Crippen LogP contribution in [0.1, 0.15) is 31.7 Å². The zero-order chi connectivity index (χ0) is 13.8. The molecule has 0 saturated carbocycles. The van der Waals surface area contributed by atoms with Crippen LogP contribution in [0.5, 0.6) is 5.88 Å². The topological polar surface area (TPSA) is 75.6 Å². The number of carboxylic acid groups (broad SMARTS) is 1. The summed E-state index contributed by atoms with van der Waals surface area (Å²) in [7, 11) is 0. The Kier molecular flexibility index (Phi) is 4.19. The first-order chi connectivity index (χ1) is 9.13. The Morgan fingerprint density at radius 2 is 2.37 bits per heavy atom. The molecule has 1 aliphatic rings. The largest absolute Gasteiger partial charge is 0.481 e. The van der Waals surface area contributed by atoms with Crippen molar-refractivity contribution in [3.63, 3.8) is 0 Å². The molecule has 0 aliphatic carbocycles. The molecule has 6 nitrogen and oxygen atoms in total. The monoisotopic (exact) mass is 265 g/mol. The summed E-state index contributed by atoms with van der Waals surface area (Å²) in [5.41, 5.74) is 0.877. The lowest BCUT2D eigenvalue weighted by molar-refractivity contribution is -0.137. The van der Waals surface area contributed by atoms with Crippen molar-refractivity contribution < 1.29 is 14.6 Å². The second-order valence-electron chi connectivity index (χ2n) is 4.65. The summed E-state index contributed by atoms with van der Waals surface area (Å²) in [5, 5.41) is 8.96. The van der Waals surface area contributed by atoms with Crippen LogP contribution in [0.3, 0.4) is 0 Å². The summed E-state index contributed by atoms with van der Waals surface area (Å²) in [6.45, 7) is 5.21. The van der Waals surface area contributed by atoms with Crippen molar-refractivity contribution in [3.05, 3.63) is 11.9 Å². The van der Waals surface area contributed by atoms with Crippen LogP contribution in [0.15, 0.2) is 6.33 Å². The number of anilines is 1. The highest BCUT2D eigenvalue weighted by Gasteiger charge is 2.29. The minimum absolute atomic E-state index is 0.0144. The zero-order valence-electron chi connectivity index (χ0n) is 11.3. The van der Waals surface area contributed by atoms with Gasteiger partial charge in [0, 0.05) is 12.6 Å². The molecule has 1 saturated heterocycles. The molecule has 1 aliphatic heterocycles. The Hall–Kier alpha value is -1.85. The lowest BCUT2D eigenvalue weighted by Crippen LogP contribution is -2.32. The number of hydrogen-bond acceptors (Lipinski definition) is 5. The van der Waals surface area contributed by atoms with Gasteiger partial charge in [-0.2, -0.15) is 0 Å². The summed E-state index contributed by atoms with van der Waals surface area (Å²) in [6.07, 6.45) is 3.50. The van der Waals surface area contributed by atoms with Crippen LogP contribution in [-0.4, -0.2) is 40.2 Å². The number of rotatable bonds is 5. The molecule has 0 spiro atoms. The maximum atomic E-state index is 10.9. The van der Waals surface area contributed by atoms with Crippen molar-refractivity contribution in [1.29, 1.82) is 0 Å². The smallest absolute Gasteiger partial charge is 0.305 e. The molecule has 1 aromatic heterocycles. The van der Waals surface area contributed by atoms with Gasteiger partial charge < -0.3 is 14.7 Å². The van der Waals surface area contributed by atoms with Crippen LogP contribution in [0.2, 0.25) is 0 Å². The highest BCUT2D eigenvalue weighted by molar-refractivity contribution is 5.69. The summed E-state index contributed by atoms with van der Waals surface area (Å²) >= 11 is 0. The third-order valence-corrected chi connectivity index (χ3v) is 3.35. The highest BCUT2D eigenvalue weighted by atomic mass is 16.5. The first kappa shape index (κ1) is 13.6. The average molecular weight is 265 g/mol. The molecule has 0 aromatic carbocycles. The van der Waals surface area contributed by atoms with Gasteiger partial charge in [-0.3, -0.25) is 4.79 Å². The molecular formula is C13H19N3O3. The number of hydrogen-bond donors (Lipinski definition) is 1. The maximum absolute atomic E-state index is 10.9. The lowest BCUT2D eigenvalue weighted by Gasteiger charge is -2.26. The fourth-order valence-corrected chi connectivity index (χ4v) is 2.53. The Morgan fingerprint density at radius 1 is 1.58 bits per heavy atom. The fourth-order valence-electron chi connectivity index (χ4n) is 2.53. The predicted octanol–water partition coefficient (Wildman–Crippen LogP) is 1.63. The average Bonchev–Trinajstić information content (AvgIpc) is 2.79. The minimum Gasteiger partial charge on any atom is -0.481 e. The van der Waals surface area contributed by atoms with Crippen LogP contribution < -0.4 is 9.64 Å². The van der Waals surface area contributed by atoms with Crippen molar-refractivity contribution in [2.45, 2.75) is 39.2 Å². The van der Waals surface area contributed by atoms with E-state index in [4.69, 9.17) is 9.84 Å². The molecule has 1 aromatic rings. The molecule has 19 heavy (non-hydrogen) atoms. The molecule has 2 rings (SSSR count). The van der Waals surface area contributed by atoms with E-state index in [1.807, 2.05) is 13.8 Å². The van der Waals surface area contributed by atoms with Crippen LogP contribution in [0.25, 0.3) is 0 Å². The quantitative estimate of drug-likeness (QED) is 0.872. The van der Waals surface area contributed by atoms with Crippen molar-refractivity contribution in [2.75, 3.05) is 18.1 Å². The van der Waals surface area contributed by atoms with Crippen molar-refractivity contribution in [2.24, 2.45) is 0 Å². The van der Waals surface area contributed by atoms with E-state index in [1.54, 1.807) is 0 Å². The Balaban J connectivity index is 2.25. The van der Waals surface area contributed by atoms with Gasteiger partial charge in [0.25, 0.3) is 0 Å². The molecule has 0 radical (unpaired) electrons. The number of carboxylic acids is 1. The third kappa shape index (κ3) is 2.94. The van der Waals surface area contributed by atoms with E-state index in [0.717, 1.165) is 30.8 Å². The van der Waals surface area contributed by atoms with Gasteiger partial charge in [-0.15, -0.1) is 0 Å². The molecule has 1 fully saturated rings. The Bertz CT molecular complexity index is 464. The van der Waals surface area contributed by atoms with Crippen molar-refractivity contribution in [1.82, 2.24) is 9.97 Å². The molecular weight excluding hydrogens is 246 g/mol. The number of aromatic nitrogens is 2. The van der Waals surface area contributed by atoms with E-state index in [2.05, 4.69) is 14.9 Å². The molecule has 1 atom stereocenters. The van der Waals surface area contributed by atoms with E-state index in [9.17, 15) is 4.79 Å². The molecule has 0 bridgehead atoms. The predicted molar refractivity (Wildman–Crippen MR) is 70.6 cm³/mol. The molecule has 1 unspecified atom stereocenters. The summed E-state index contributed by atoms with van der Waals surface area (Å²) < 4.78 is 5.46. The van der Waals surface area contributed by atoms with Gasteiger partial charge in [0.2, 0.25) is 5.88 Å². The highest BCUT2D eigenvalue weighted by Crippen LogP contribution is 2.31.